The number of nitrogens with zero attached hydrogens (tertiary/aromatic N) is 3. The molecular weight excluding hydrogens is 282 g/mol. The summed E-state index contributed by atoms with van der Waals surface area (Å²) in [5.41, 5.74) is 5.11. The molecule has 3 heteroatoms. The van der Waals surface area contributed by atoms with Crippen LogP contribution in [0.2, 0.25) is 0 Å². The molecule has 3 aromatic carbocycles. The first-order chi connectivity index (χ1) is 11.4. The Morgan fingerprint density at radius 1 is 0.826 bits per heavy atom. The summed E-state index contributed by atoms with van der Waals surface area (Å²) in [5, 5.41) is 0. The van der Waals surface area contributed by atoms with E-state index in [1.165, 1.54) is 0 Å². The Morgan fingerprint density at radius 2 is 1.57 bits per heavy atom. The van der Waals surface area contributed by atoms with Crippen molar-refractivity contribution in [3.05, 3.63) is 90.8 Å². The molecule has 1 aromatic heterocycles. The molecule has 0 spiro atoms. The van der Waals surface area contributed by atoms with Crippen LogP contribution in [0.15, 0.2) is 90.2 Å². The topological polar surface area (TPSA) is 30.2 Å². The van der Waals surface area contributed by atoms with Crippen molar-refractivity contribution < 1.29 is 0 Å². The van der Waals surface area contributed by atoms with E-state index >= 15 is 0 Å². The van der Waals surface area contributed by atoms with Gasteiger partial charge in [0, 0.05) is 11.9 Å². The largest absolute Gasteiger partial charge is 0.299 e. The summed E-state index contributed by atoms with van der Waals surface area (Å²) in [6.45, 7) is 0. The van der Waals surface area contributed by atoms with Gasteiger partial charge in [0.1, 0.15) is 6.33 Å². The van der Waals surface area contributed by atoms with Crippen LogP contribution in [-0.4, -0.2) is 15.8 Å². The minimum absolute atomic E-state index is 0.902. The lowest BCUT2D eigenvalue weighted by Gasteiger charge is -2.03. The van der Waals surface area contributed by atoms with Gasteiger partial charge >= 0.3 is 0 Å². The molecule has 0 aliphatic rings. The van der Waals surface area contributed by atoms with Crippen molar-refractivity contribution in [2.45, 2.75) is 0 Å². The maximum absolute atomic E-state index is 4.53. The minimum atomic E-state index is 0.902. The quantitative estimate of drug-likeness (QED) is 0.501. The number of imidazole rings is 1. The van der Waals surface area contributed by atoms with Crippen LogP contribution in [0.3, 0.4) is 0 Å². The van der Waals surface area contributed by atoms with Crippen molar-refractivity contribution in [3.63, 3.8) is 0 Å². The Bertz CT molecular complexity index is 954. The molecule has 0 saturated heterocycles. The van der Waals surface area contributed by atoms with Gasteiger partial charge in [-0.2, -0.15) is 0 Å². The molecule has 0 saturated carbocycles. The van der Waals surface area contributed by atoms with Crippen LogP contribution in [-0.2, 0) is 0 Å². The van der Waals surface area contributed by atoms with Crippen molar-refractivity contribution in [1.29, 1.82) is 0 Å². The van der Waals surface area contributed by atoms with Crippen LogP contribution in [0.4, 0.5) is 5.69 Å². The lowest BCUT2D eigenvalue weighted by Crippen LogP contribution is -1.90. The third-order valence-electron chi connectivity index (χ3n) is 3.73. The number of aliphatic imine (C=N–C) groups is 1. The third-order valence-corrected chi connectivity index (χ3v) is 3.73. The van der Waals surface area contributed by atoms with E-state index in [0.717, 1.165) is 28.0 Å². The normalized spacial score (nSPS) is 11.3. The zero-order valence-corrected chi connectivity index (χ0v) is 12.5. The van der Waals surface area contributed by atoms with E-state index in [1.807, 2.05) is 73.2 Å². The molecule has 0 aliphatic carbocycles. The fourth-order valence-corrected chi connectivity index (χ4v) is 2.56. The van der Waals surface area contributed by atoms with Crippen molar-refractivity contribution in [2.24, 2.45) is 4.99 Å². The summed E-state index contributed by atoms with van der Waals surface area (Å²) < 4.78 is 2.08. The molecule has 4 rings (SSSR count). The van der Waals surface area contributed by atoms with Crippen LogP contribution in [0, 0.1) is 0 Å². The number of fused-ring (bicyclic) bond motifs is 1. The SMILES string of the molecule is C(=Nc1ccc2c(c1)ncn2-c1ccccc1)c1ccccc1. The summed E-state index contributed by atoms with van der Waals surface area (Å²) >= 11 is 0. The van der Waals surface area contributed by atoms with Crippen LogP contribution in [0.1, 0.15) is 5.56 Å². The molecule has 23 heavy (non-hydrogen) atoms. The first-order valence-electron chi connectivity index (χ1n) is 7.52. The second-order valence-corrected chi connectivity index (χ2v) is 5.29. The third kappa shape index (κ3) is 2.77. The minimum Gasteiger partial charge on any atom is -0.299 e. The Hall–Kier alpha value is -3.20. The summed E-state index contributed by atoms with van der Waals surface area (Å²) in [6.07, 6.45) is 3.72. The zero-order chi connectivity index (χ0) is 15.5. The van der Waals surface area contributed by atoms with Gasteiger partial charge in [-0.15, -0.1) is 0 Å². The van der Waals surface area contributed by atoms with Crippen LogP contribution in [0.5, 0.6) is 0 Å². The highest BCUT2D eigenvalue weighted by molar-refractivity contribution is 5.85. The standard InChI is InChI=1S/C20H15N3/c1-3-7-16(8-4-1)14-21-17-11-12-20-19(13-17)22-15-23(20)18-9-5-2-6-10-18/h1-15H. The molecule has 0 amide bonds. The number of rotatable bonds is 3. The van der Waals surface area contributed by atoms with Crippen molar-refractivity contribution in [2.75, 3.05) is 0 Å². The van der Waals surface area contributed by atoms with Gasteiger partial charge in [0.05, 0.1) is 16.7 Å². The lowest BCUT2D eigenvalue weighted by atomic mass is 10.2. The maximum atomic E-state index is 4.53. The van der Waals surface area contributed by atoms with Gasteiger partial charge in [-0.05, 0) is 35.9 Å². The maximum Gasteiger partial charge on any atom is 0.100 e. The fraction of sp³-hybridized carbons (Fsp3) is 0. The first-order valence-corrected chi connectivity index (χ1v) is 7.52. The Morgan fingerprint density at radius 3 is 2.35 bits per heavy atom. The average molecular weight is 297 g/mol. The van der Waals surface area contributed by atoms with Crippen molar-refractivity contribution in [1.82, 2.24) is 9.55 Å². The number of hydrogen-bond acceptors (Lipinski definition) is 2. The van der Waals surface area contributed by atoms with E-state index in [4.69, 9.17) is 0 Å². The summed E-state index contributed by atoms with van der Waals surface area (Å²) in [6, 6.07) is 26.4. The van der Waals surface area contributed by atoms with E-state index in [-0.39, 0.29) is 0 Å². The average Bonchev–Trinajstić information content (AvgIpc) is 3.05. The molecule has 3 nitrogen and oxygen atoms in total. The Kier molecular flexibility index (Phi) is 3.45. The van der Waals surface area contributed by atoms with Crippen LogP contribution < -0.4 is 0 Å². The van der Waals surface area contributed by atoms with Gasteiger partial charge in [-0.3, -0.25) is 9.56 Å². The summed E-state index contributed by atoms with van der Waals surface area (Å²) in [5.74, 6) is 0. The highest BCUT2D eigenvalue weighted by Crippen LogP contribution is 2.23. The van der Waals surface area contributed by atoms with E-state index < -0.39 is 0 Å². The smallest absolute Gasteiger partial charge is 0.100 e. The molecule has 0 N–H and O–H groups in total. The zero-order valence-electron chi connectivity index (χ0n) is 12.5. The number of hydrogen-bond donors (Lipinski definition) is 0. The van der Waals surface area contributed by atoms with E-state index in [9.17, 15) is 0 Å². The monoisotopic (exact) mass is 297 g/mol. The molecule has 0 unspecified atom stereocenters. The molecular formula is C20H15N3. The highest BCUT2D eigenvalue weighted by Gasteiger charge is 2.04. The van der Waals surface area contributed by atoms with Crippen molar-refractivity contribution >= 4 is 22.9 Å². The molecule has 0 radical (unpaired) electrons. The molecule has 0 fully saturated rings. The summed E-state index contributed by atoms with van der Waals surface area (Å²) in [7, 11) is 0. The van der Waals surface area contributed by atoms with Crippen molar-refractivity contribution in [3.8, 4) is 5.69 Å². The Labute approximate surface area is 134 Å². The Balaban J connectivity index is 1.69. The second kappa shape index (κ2) is 5.89. The van der Waals surface area contributed by atoms with Gasteiger partial charge in [0.2, 0.25) is 0 Å². The van der Waals surface area contributed by atoms with E-state index in [0.29, 0.717) is 0 Å². The van der Waals surface area contributed by atoms with Gasteiger partial charge in [0.25, 0.3) is 0 Å². The predicted octanol–water partition coefficient (Wildman–Crippen LogP) is 4.78. The molecule has 0 atom stereocenters. The molecule has 0 bridgehead atoms. The van der Waals surface area contributed by atoms with Crippen LogP contribution >= 0.6 is 0 Å². The number of benzene rings is 3. The molecule has 0 aliphatic heterocycles. The second-order valence-electron chi connectivity index (χ2n) is 5.29. The van der Waals surface area contributed by atoms with Gasteiger partial charge in [0.15, 0.2) is 0 Å². The van der Waals surface area contributed by atoms with Gasteiger partial charge in [-0.25, -0.2) is 4.98 Å². The van der Waals surface area contributed by atoms with E-state index in [1.54, 1.807) is 0 Å². The molecule has 1 heterocycles. The lowest BCUT2D eigenvalue weighted by molar-refractivity contribution is 1.09. The predicted molar refractivity (Wildman–Crippen MR) is 94.8 cm³/mol. The van der Waals surface area contributed by atoms with E-state index in [2.05, 4.69) is 32.7 Å². The van der Waals surface area contributed by atoms with Gasteiger partial charge < -0.3 is 0 Å². The molecule has 110 valence electrons. The fourth-order valence-electron chi connectivity index (χ4n) is 2.56. The van der Waals surface area contributed by atoms with Gasteiger partial charge in [-0.1, -0.05) is 48.5 Å². The number of para-hydroxylation sites is 1. The van der Waals surface area contributed by atoms with Crippen LogP contribution in [0.25, 0.3) is 16.7 Å². The summed E-state index contributed by atoms with van der Waals surface area (Å²) in [4.78, 5) is 9.03. The molecule has 4 aromatic rings. The highest BCUT2D eigenvalue weighted by atomic mass is 15.0. The number of aromatic nitrogens is 2. The first kappa shape index (κ1) is 13.5.